The van der Waals surface area contributed by atoms with Gasteiger partial charge >= 0.3 is 0 Å². The second-order valence-corrected chi connectivity index (χ2v) is 3.01. The molecule has 2 rings (SSSR count). The quantitative estimate of drug-likeness (QED) is 0.537. The van der Waals surface area contributed by atoms with E-state index in [9.17, 15) is 0 Å². The van der Waals surface area contributed by atoms with E-state index >= 15 is 0 Å². The lowest BCUT2D eigenvalue weighted by atomic mass is 10.2. The van der Waals surface area contributed by atoms with E-state index in [-0.39, 0.29) is 0 Å². The van der Waals surface area contributed by atoms with Crippen molar-refractivity contribution in [2.24, 2.45) is 5.16 Å². The summed E-state index contributed by atoms with van der Waals surface area (Å²) in [4.78, 5) is 4.68. The molecule has 3 heteroatoms. The number of fused-ring (bicyclic) bond motifs is 1. The third kappa shape index (κ3) is 1.48. The van der Waals surface area contributed by atoms with Gasteiger partial charge in [0.25, 0.3) is 0 Å². The maximum Gasteiger partial charge on any atom is 0.152 e. The summed E-state index contributed by atoms with van der Waals surface area (Å²) in [6.07, 6.45) is 0. The number of furan rings is 1. The van der Waals surface area contributed by atoms with Crippen LogP contribution >= 0.6 is 0 Å². The molecule has 0 N–H and O–H groups in total. The van der Waals surface area contributed by atoms with Gasteiger partial charge in [0.1, 0.15) is 18.4 Å². The summed E-state index contributed by atoms with van der Waals surface area (Å²) in [5.74, 6) is 0.744. The van der Waals surface area contributed by atoms with Gasteiger partial charge in [-0.25, -0.2) is 0 Å². The van der Waals surface area contributed by atoms with Gasteiger partial charge in [0.05, 0.1) is 0 Å². The van der Waals surface area contributed by atoms with E-state index in [0.717, 1.165) is 22.4 Å². The Morgan fingerprint density at radius 3 is 2.86 bits per heavy atom. The van der Waals surface area contributed by atoms with Crippen molar-refractivity contribution in [1.82, 2.24) is 0 Å². The molecule has 0 fully saturated rings. The molecule has 72 valence electrons. The minimum Gasteiger partial charge on any atom is -0.455 e. The minimum absolute atomic E-state index is 0.740. The summed E-state index contributed by atoms with van der Waals surface area (Å²) in [5, 5.41) is 4.89. The average Bonchev–Trinajstić information content (AvgIpc) is 2.61. The molecule has 1 aromatic heterocycles. The lowest BCUT2D eigenvalue weighted by Gasteiger charge is -1.92. The molecule has 14 heavy (non-hydrogen) atoms. The number of hydrogen-bond acceptors (Lipinski definition) is 3. The molecular weight excluding hydrogens is 178 g/mol. The Bertz CT molecular complexity index is 438. The van der Waals surface area contributed by atoms with Crippen LogP contribution in [-0.4, -0.2) is 12.8 Å². The smallest absolute Gasteiger partial charge is 0.152 e. The van der Waals surface area contributed by atoms with E-state index < -0.39 is 0 Å². The molecule has 1 heterocycles. The number of oxime groups is 1. The topological polar surface area (TPSA) is 34.7 Å². The normalized spacial score (nSPS) is 12.0. The second kappa shape index (κ2) is 3.54. The highest BCUT2D eigenvalue weighted by Gasteiger charge is 2.05. The highest BCUT2D eigenvalue weighted by atomic mass is 16.6. The molecule has 0 bridgehead atoms. The Balaban J connectivity index is 2.50. The molecule has 0 saturated carbocycles. The molecule has 0 amide bonds. The van der Waals surface area contributed by atoms with Crippen molar-refractivity contribution in [3.63, 3.8) is 0 Å². The molecule has 0 aliphatic carbocycles. The van der Waals surface area contributed by atoms with Crippen LogP contribution in [0.1, 0.15) is 12.7 Å². The number of rotatable bonds is 2. The number of para-hydroxylation sites is 1. The van der Waals surface area contributed by atoms with Crippen LogP contribution in [0.5, 0.6) is 0 Å². The van der Waals surface area contributed by atoms with Crippen LogP contribution in [0, 0.1) is 0 Å². The van der Waals surface area contributed by atoms with Crippen LogP contribution < -0.4 is 0 Å². The third-order valence-corrected chi connectivity index (χ3v) is 2.01. The summed E-state index contributed by atoms with van der Waals surface area (Å²) in [6.45, 7) is 1.85. The minimum atomic E-state index is 0.740. The summed E-state index contributed by atoms with van der Waals surface area (Å²) >= 11 is 0. The Morgan fingerprint density at radius 1 is 1.36 bits per heavy atom. The van der Waals surface area contributed by atoms with E-state index in [1.165, 1.54) is 7.11 Å². The van der Waals surface area contributed by atoms with E-state index in [1.54, 1.807) is 0 Å². The Morgan fingerprint density at radius 2 is 2.14 bits per heavy atom. The first kappa shape index (κ1) is 8.81. The van der Waals surface area contributed by atoms with E-state index in [1.807, 2.05) is 37.3 Å². The Hall–Kier alpha value is -1.77. The second-order valence-electron chi connectivity index (χ2n) is 3.01. The van der Waals surface area contributed by atoms with Crippen molar-refractivity contribution >= 4 is 16.7 Å². The van der Waals surface area contributed by atoms with Crippen molar-refractivity contribution in [3.8, 4) is 0 Å². The highest BCUT2D eigenvalue weighted by Crippen LogP contribution is 2.19. The molecule has 0 spiro atoms. The van der Waals surface area contributed by atoms with Crippen molar-refractivity contribution < 1.29 is 9.25 Å². The monoisotopic (exact) mass is 189 g/mol. The zero-order valence-electron chi connectivity index (χ0n) is 8.15. The SMILES string of the molecule is CO/N=C(\C)c1cc2ccccc2o1. The standard InChI is InChI=1S/C11H11NO2/c1-8(12-13-2)11-7-9-5-3-4-6-10(9)14-11/h3-7H,1-2H3/b12-8+. The molecule has 2 aromatic rings. The van der Waals surface area contributed by atoms with Crippen LogP contribution in [0.3, 0.4) is 0 Å². The molecule has 0 aliphatic heterocycles. The van der Waals surface area contributed by atoms with Crippen LogP contribution in [0.4, 0.5) is 0 Å². The van der Waals surface area contributed by atoms with Crippen molar-refractivity contribution in [1.29, 1.82) is 0 Å². The number of benzene rings is 1. The van der Waals surface area contributed by atoms with Gasteiger partial charge in [-0.2, -0.15) is 0 Å². The van der Waals surface area contributed by atoms with Gasteiger partial charge in [-0.3, -0.25) is 0 Å². The molecule has 1 aromatic carbocycles. The molecule has 0 radical (unpaired) electrons. The fraction of sp³-hybridized carbons (Fsp3) is 0.182. The fourth-order valence-electron chi connectivity index (χ4n) is 1.34. The van der Waals surface area contributed by atoms with Crippen LogP contribution in [0.25, 0.3) is 11.0 Å². The van der Waals surface area contributed by atoms with Gasteiger partial charge in [-0.1, -0.05) is 23.4 Å². The number of hydrogen-bond donors (Lipinski definition) is 0. The zero-order chi connectivity index (χ0) is 9.97. The molecule has 0 unspecified atom stereocenters. The fourth-order valence-corrected chi connectivity index (χ4v) is 1.34. The van der Waals surface area contributed by atoms with Gasteiger partial charge in [0, 0.05) is 5.39 Å². The lowest BCUT2D eigenvalue weighted by Crippen LogP contribution is -1.91. The third-order valence-electron chi connectivity index (χ3n) is 2.01. The van der Waals surface area contributed by atoms with Gasteiger partial charge in [0.15, 0.2) is 5.76 Å². The van der Waals surface area contributed by atoms with Crippen LogP contribution in [0.2, 0.25) is 0 Å². The van der Waals surface area contributed by atoms with E-state index in [0.29, 0.717) is 0 Å². The molecular formula is C11H11NO2. The van der Waals surface area contributed by atoms with Gasteiger partial charge in [0.2, 0.25) is 0 Å². The first-order valence-electron chi connectivity index (χ1n) is 4.38. The maximum atomic E-state index is 5.57. The molecule has 3 nitrogen and oxygen atoms in total. The Labute approximate surface area is 82.0 Å². The summed E-state index contributed by atoms with van der Waals surface area (Å²) in [6, 6.07) is 9.80. The van der Waals surface area contributed by atoms with Gasteiger partial charge in [-0.15, -0.1) is 0 Å². The van der Waals surface area contributed by atoms with Crippen LogP contribution in [-0.2, 0) is 4.84 Å². The molecule has 0 saturated heterocycles. The first-order chi connectivity index (χ1) is 6.81. The molecule has 0 aliphatic rings. The van der Waals surface area contributed by atoms with Crippen molar-refractivity contribution in [2.75, 3.05) is 7.11 Å². The maximum absolute atomic E-state index is 5.57. The zero-order valence-corrected chi connectivity index (χ0v) is 8.15. The van der Waals surface area contributed by atoms with Crippen molar-refractivity contribution in [3.05, 3.63) is 36.1 Å². The van der Waals surface area contributed by atoms with Gasteiger partial charge in [-0.05, 0) is 19.1 Å². The van der Waals surface area contributed by atoms with E-state index in [2.05, 4.69) is 9.99 Å². The summed E-state index contributed by atoms with van der Waals surface area (Å²) in [7, 11) is 1.52. The highest BCUT2D eigenvalue weighted by molar-refractivity contribution is 5.99. The number of nitrogens with zero attached hydrogens (tertiary/aromatic N) is 1. The van der Waals surface area contributed by atoms with Gasteiger partial charge < -0.3 is 9.25 Å². The predicted octanol–water partition coefficient (Wildman–Crippen LogP) is 2.80. The lowest BCUT2D eigenvalue weighted by molar-refractivity contribution is 0.213. The van der Waals surface area contributed by atoms with Crippen LogP contribution in [0.15, 0.2) is 39.9 Å². The van der Waals surface area contributed by atoms with E-state index in [4.69, 9.17) is 4.42 Å². The average molecular weight is 189 g/mol. The Kier molecular flexibility index (Phi) is 2.23. The first-order valence-corrected chi connectivity index (χ1v) is 4.38. The largest absolute Gasteiger partial charge is 0.455 e. The predicted molar refractivity (Wildman–Crippen MR) is 55.4 cm³/mol. The molecule has 0 atom stereocenters. The summed E-state index contributed by atoms with van der Waals surface area (Å²) < 4.78 is 5.57. The summed E-state index contributed by atoms with van der Waals surface area (Å²) in [5.41, 5.74) is 1.61. The van der Waals surface area contributed by atoms with Crippen molar-refractivity contribution in [2.45, 2.75) is 6.92 Å².